The van der Waals surface area contributed by atoms with E-state index in [4.69, 9.17) is 0 Å². The number of nitrogens with one attached hydrogen (secondary N) is 1. The smallest absolute Gasteiger partial charge is 0.289 e. The Balaban J connectivity index is 1.36. The zero-order valence-corrected chi connectivity index (χ0v) is 14.7. The van der Waals surface area contributed by atoms with Crippen LogP contribution in [0, 0.1) is 0 Å². The molecule has 1 aromatic rings. The summed E-state index contributed by atoms with van der Waals surface area (Å²) in [4.78, 5) is 28.8. The number of nitrogens with zero attached hydrogens (tertiary/aromatic N) is 5. The van der Waals surface area contributed by atoms with Gasteiger partial charge in [-0.15, -0.1) is 10.2 Å². The van der Waals surface area contributed by atoms with E-state index in [-0.39, 0.29) is 23.9 Å². The van der Waals surface area contributed by atoms with Crippen LogP contribution in [-0.2, 0) is 11.3 Å². The van der Waals surface area contributed by atoms with Crippen LogP contribution in [0.5, 0.6) is 0 Å². The summed E-state index contributed by atoms with van der Waals surface area (Å²) in [5.74, 6) is 0.486. The molecule has 1 aromatic heterocycles. The van der Waals surface area contributed by atoms with E-state index in [2.05, 4.69) is 20.4 Å². The second-order valence-electron chi connectivity index (χ2n) is 7.90. The van der Waals surface area contributed by atoms with Crippen LogP contribution in [0.2, 0.25) is 0 Å². The number of piperazine rings is 1. The number of halogens is 1. The maximum atomic E-state index is 14.6. The lowest BCUT2D eigenvalue weighted by atomic mass is 9.80. The number of hydrogen-bond donors (Lipinski definition) is 1. The van der Waals surface area contributed by atoms with Crippen molar-refractivity contribution < 1.29 is 14.0 Å². The van der Waals surface area contributed by atoms with E-state index in [0.717, 1.165) is 25.8 Å². The van der Waals surface area contributed by atoms with Crippen molar-refractivity contribution in [3.05, 3.63) is 11.6 Å². The topological polar surface area (TPSA) is 83.4 Å². The highest BCUT2D eigenvalue weighted by Crippen LogP contribution is 2.39. The average molecular weight is 362 g/mol. The molecule has 0 aromatic carbocycles. The molecule has 4 aliphatic rings. The summed E-state index contributed by atoms with van der Waals surface area (Å²) in [7, 11) is 0. The monoisotopic (exact) mass is 362 g/mol. The van der Waals surface area contributed by atoms with Crippen LogP contribution in [0.15, 0.2) is 0 Å². The lowest BCUT2D eigenvalue weighted by molar-refractivity contribution is -0.153. The molecule has 1 N–H and O–H groups in total. The minimum atomic E-state index is -1.67. The van der Waals surface area contributed by atoms with E-state index in [1.165, 1.54) is 0 Å². The molecule has 2 aliphatic heterocycles. The van der Waals surface area contributed by atoms with Crippen molar-refractivity contribution in [3.8, 4) is 0 Å². The Morgan fingerprint density at radius 2 is 1.88 bits per heavy atom. The number of hydrogen-bond acceptors (Lipinski definition) is 5. The van der Waals surface area contributed by atoms with Crippen LogP contribution >= 0.6 is 0 Å². The molecule has 0 bridgehead atoms. The molecule has 1 saturated heterocycles. The number of fused-ring (bicyclic) bond motifs is 3. The van der Waals surface area contributed by atoms with Crippen LogP contribution in [0.25, 0.3) is 0 Å². The van der Waals surface area contributed by atoms with Gasteiger partial charge >= 0.3 is 0 Å². The van der Waals surface area contributed by atoms with Crippen molar-refractivity contribution in [1.29, 1.82) is 0 Å². The Hall–Kier alpha value is -2.03. The van der Waals surface area contributed by atoms with Gasteiger partial charge in [-0.1, -0.05) is 0 Å². The molecule has 3 fully saturated rings. The van der Waals surface area contributed by atoms with Gasteiger partial charge in [0.25, 0.3) is 11.8 Å². The standard InChI is InChI=1S/C17H23FN6O2/c18-17(4-1-5-17)16(26)23-7-6-22-8-9-24-13(12(22)10-23)20-21-14(24)15(25)19-11-2-3-11/h11-12H,1-10H2,(H,19,25)/t12-/m1/s1. The number of carbonyl (C=O) groups excluding carboxylic acids is 2. The first kappa shape index (κ1) is 16.2. The third-order valence-corrected chi connectivity index (χ3v) is 6.11. The van der Waals surface area contributed by atoms with Gasteiger partial charge in [0, 0.05) is 38.8 Å². The summed E-state index contributed by atoms with van der Waals surface area (Å²) >= 11 is 0. The summed E-state index contributed by atoms with van der Waals surface area (Å²) in [6.45, 7) is 3.09. The third-order valence-electron chi connectivity index (χ3n) is 6.11. The quantitative estimate of drug-likeness (QED) is 0.834. The first-order valence-corrected chi connectivity index (χ1v) is 9.51. The molecule has 5 rings (SSSR count). The fourth-order valence-electron chi connectivity index (χ4n) is 4.16. The molecule has 3 heterocycles. The Morgan fingerprint density at radius 3 is 2.58 bits per heavy atom. The van der Waals surface area contributed by atoms with Crippen LogP contribution in [-0.4, -0.2) is 74.3 Å². The molecule has 2 saturated carbocycles. The van der Waals surface area contributed by atoms with Gasteiger partial charge in [-0.25, -0.2) is 4.39 Å². The van der Waals surface area contributed by atoms with E-state index in [0.29, 0.717) is 50.7 Å². The number of carbonyl (C=O) groups is 2. The molecule has 140 valence electrons. The van der Waals surface area contributed by atoms with Crippen molar-refractivity contribution in [2.45, 2.75) is 56.4 Å². The van der Waals surface area contributed by atoms with Gasteiger partial charge in [0.2, 0.25) is 5.82 Å². The second kappa shape index (κ2) is 5.73. The predicted molar refractivity (Wildman–Crippen MR) is 89.1 cm³/mol. The molecule has 1 atom stereocenters. The van der Waals surface area contributed by atoms with Gasteiger partial charge in [0.15, 0.2) is 11.5 Å². The van der Waals surface area contributed by atoms with Gasteiger partial charge in [-0.05, 0) is 32.1 Å². The average Bonchev–Trinajstić information content (AvgIpc) is 3.32. The normalized spacial score (nSPS) is 27.3. The predicted octanol–water partition coefficient (Wildman–Crippen LogP) is 0.261. The molecule has 2 amide bonds. The SMILES string of the molecule is O=C(NC1CC1)c1nnc2n1CCN1CCN(C(=O)C3(F)CCC3)C[C@H]21. The van der Waals surface area contributed by atoms with Crippen LogP contribution in [0.4, 0.5) is 4.39 Å². The molecule has 0 spiro atoms. The van der Waals surface area contributed by atoms with Crippen LogP contribution in [0.1, 0.15) is 54.6 Å². The summed E-state index contributed by atoms with van der Waals surface area (Å²) in [5.41, 5.74) is -1.67. The molecule has 0 radical (unpaired) electrons. The van der Waals surface area contributed by atoms with E-state index in [1.54, 1.807) is 4.90 Å². The van der Waals surface area contributed by atoms with Crippen molar-refractivity contribution in [1.82, 2.24) is 29.9 Å². The fraction of sp³-hybridized carbons (Fsp3) is 0.765. The van der Waals surface area contributed by atoms with E-state index in [9.17, 15) is 14.0 Å². The minimum Gasteiger partial charge on any atom is -0.347 e. The molecule has 0 unspecified atom stereocenters. The number of rotatable bonds is 3. The summed E-state index contributed by atoms with van der Waals surface area (Å²) in [6.07, 6.45) is 3.48. The lowest BCUT2D eigenvalue weighted by Gasteiger charge is -2.46. The maximum absolute atomic E-state index is 14.6. The lowest BCUT2D eigenvalue weighted by Crippen LogP contribution is -2.58. The molecule has 9 heteroatoms. The molecular formula is C17H23FN6O2. The summed E-state index contributed by atoms with van der Waals surface area (Å²) in [6, 6.07) is 0.140. The number of alkyl halides is 1. The third kappa shape index (κ3) is 2.52. The fourth-order valence-corrected chi connectivity index (χ4v) is 4.16. The zero-order valence-electron chi connectivity index (χ0n) is 14.7. The van der Waals surface area contributed by atoms with Gasteiger partial charge < -0.3 is 14.8 Å². The zero-order chi connectivity index (χ0) is 17.9. The van der Waals surface area contributed by atoms with E-state index >= 15 is 0 Å². The maximum Gasteiger partial charge on any atom is 0.289 e. The van der Waals surface area contributed by atoms with Gasteiger partial charge in [0.05, 0.1) is 6.04 Å². The molecule has 8 nitrogen and oxygen atoms in total. The Morgan fingerprint density at radius 1 is 1.12 bits per heavy atom. The van der Waals surface area contributed by atoms with Gasteiger partial charge in [-0.3, -0.25) is 14.5 Å². The van der Waals surface area contributed by atoms with Crippen molar-refractivity contribution in [2.24, 2.45) is 0 Å². The Kier molecular flexibility index (Phi) is 3.57. The van der Waals surface area contributed by atoms with E-state index < -0.39 is 5.67 Å². The van der Waals surface area contributed by atoms with Gasteiger partial charge in [0.1, 0.15) is 0 Å². The van der Waals surface area contributed by atoms with Crippen LogP contribution < -0.4 is 5.32 Å². The van der Waals surface area contributed by atoms with Crippen LogP contribution in [0.3, 0.4) is 0 Å². The van der Waals surface area contributed by atoms with Crippen molar-refractivity contribution in [2.75, 3.05) is 26.2 Å². The largest absolute Gasteiger partial charge is 0.347 e. The molecule has 26 heavy (non-hydrogen) atoms. The Labute approximate surface area is 150 Å². The summed E-state index contributed by atoms with van der Waals surface area (Å²) in [5, 5.41) is 11.3. The van der Waals surface area contributed by atoms with Gasteiger partial charge in [-0.2, -0.15) is 0 Å². The molecular weight excluding hydrogens is 339 g/mol. The highest BCUT2D eigenvalue weighted by atomic mass is 19.1. The Bertz CT molecular complexity index is 756. The number of amides is 2. The number of aromatic nitrogens is 3. The summed E-state index contributed by atoms with van der Waals surface area (Å²) < 4.78 is 16.4. The first-order chi connectivity index (χ1) is 12.5. The second-order valence-corrected chi connectivity index (χ2v) is 7.90. The van der Waals surface area contributed by atoms with Crippen molar-refractivity contribution >= 4 is 11.8 Å². The van der Waals surface area contributed by atoms with Crippen molar-refractivity contribution in [3.63, 3.8) is 0 Å². The van der Waals surface area contributed by atoms with E-state index in [1.807, 2.05) is 4.57 Å². The minimum absolute atomic E-state index is 0.125. The highest BCUT2D eigenvalue weighted by molar-refractivity contribution is 5.91. The highest BCUT2D eigenvalue weighted by Gasteiger charge is 2.49. The first-order valence-electron chi connectivity index (χ1n) is 9.51. The molecule has 2 aliphatic carbocycles.